The van der Waals surface area contributed by atoms with E-state index in [1.807, 2.05) is 36.4 Å². The maximum Gasteiger partial charge on any atom is 0.153 e. The van der Waals surface area contributed by atoms with Gasteiger partial charge in [-0.1, -0.05) is 25.1 Å². The average Bonchev–Trinajstić information content (AvgIpc) is 2.80. The summed E-state index contributed by atoms with van der Waals surface area (Å²) in [6.07, 6.45) is 0.905. The van der Waals surface area contributed by atoms with Gasteiger partial charge in [0, 0.05) is 6.42 Å². The molecule has 2 heterocycles. The van der Waals surface area contributed by atoms with Crippen molar-refractivity contribution in [2.24, 2.45) is 0 Å². The molecule has 0 saturated carbocycles. The summed E-state index contributed by atoms with van der Waals surface area (Å²) >= 11 is 0. The molecule has 1 aromatic heterocycles. The summed E-state index contributed by atoms with van der Waals surface area (Å²) in [5.41, 5.74) is 3.16. The van der Waals surface area contributed by atoms with E-state index in [1.54, 1.807) is 0 Å². The van der Waals surface area contributed by atoms with Gasteiger partial charge in [0.05, 0.1) is 11.2 Å². The minimum absolute atomic E-state index is 0.887. The predicted octanol–water partition coefficient (Wildman–Crippen LogP) is 3.69. The number of aromatic nitrogens is 2. The molecule has 0 spiro atoms. The van der Waals surface area contributed by atoms with E-state index in [1.165, 1.54) is 0 Å². The number of ether oxygens (including phenoxy) is 1. The first kappa shape index (κ1) is 9.71. The van der Waals surface area contributed by atoms with Crippen molar-refractivity contribution in [1.82, 2.24) is 9.55 Å². The molecule has 0 radical (unpaired) electrons. The monoisotopic (exact) mass is 236 g/mol. The van der Waals surface area contributed by atoms with E-state index in [2.05, 4.69) is 22.5 Å². The molecule has 88 valence electrons. The normalized spacial score (nSPS) is 12.3. The van der Waals surface area contributed by atoms with Crippen LogP contribution < -0.4 is 4.74 Å². The molecule has 4 rings (SSSR count). The predicted molar refractivity (Wildman–Crippen MR) is 70.5 cm³/mol. The van der Waals surface area contributed by atoms with Crippen molar-refractivity contribution in [2.45, 2.75) is 13.3 Å². The molecule has 0 atom stereocenters. The van der Waals surface area contributed by atoms with E-state index in [4.69, 9.17) is 4.74 Å². The van der Waals surface area contributed by atoms with Crippen LogP contribution in [0.1, 0.15) is 12.7 Å². The number of fused-ring (bicyclic) bond motifs is 2. The number of nitrogens with zero attached hydrogens (tertiary/aromatic N) is 2. The van der Waals surface area contributed by atoms with Crippen LogP contribution in [0, 0.1) is 0 Å². The maximum atomic E-state index is 5.95. The molecule has 0 unspecified atom stereocenters. The van der Waals surface area contributed by atoms with Crippen molar-refractivity contribution in [3.05, 3.63) is 48.3 Å². The Bertz CT molecular complexity index is 758. The van der Waals surface area contributed by atoms with Crippen LogP contribution in [0.5, 0.6) is 11.5 Å². The lowest BCUT2D eigenvalue weighted by atomic mass is 10.2. The van der Waals surface area contributed by atoms with E-state index in [0.29, 0.717) is 0 Å². The SMILES string of the molecule is CCc1nc2cccc3c2n1-c1ccccc1O3. The second-order valence-electron chi connectivity index (χ2n) is 4.41. The molecule has 0 bridgehead atoms. The summed E-state index contributed by atoms with van der Waals surface area (Å²) in [7, 11) is 0. The van der Waals surface area contributed by atoms with E-state index >= 15 is 0 Å². The fourth-order valence-corrected chi connectivity index (χ4v) is 2.57. The van der Waals surface area contributed by atoms with Gasteiger partial charge >= 0.3 is 0 Å². The Labute approximate surface area is 105 Å². The quantitative estimate of drug-likeness (QED) is 0.504. The first-order valence-corrected chi connectivity index (χ1v) is 6.16. The van der Waals surface area contributed by atoms with Crippen molar-refractivity contribution < 1.29 is 4.74 Å². The fourth-order valence-electron chi connectivity index (χ4n) is 2.57. The van der Waals surface area contributed by atoms with E-state index < -0.39 is 0 Å². The fraction of sp³-hybridized carbons (Fsp3) is 0.133. The third-order valence-electron chi connectivity index (χ3n) is 3.35. The van der Waals surface area contributed by atoms with Crippen LogP contribution >= 0.6 is 0 Å². The molecule has 1 aliphatic heterocycles. The molecule has 2 aromatic carbocycles. The highest BCUT2D eigenvalue weighted by Gasteiger charge is 2.22. The average molecular weight is 236 g/mol. The summed E-state index contributed by atoms with van der Waals surface area (Å²) in [6.45, 7) is 2.13. The Morgan fingerprint density at radius 2 is 1.89 bits per heavy atom. The molecular weight excluding hydrogens is 224 g/mol. The Kier molecular flexibility index (Phi) is 1.81. The second kappa shape index (κ2) is 3.35. The Morgan fingerprint density at radius 3 is 2.78 bits per heavy atom. The van der Waals surface area contributed by atoms with Crippen molar-refractivity contribution in [1.29, 1.82) is 0 Å². The number of aryl methyl sites for hydroxylation is 1. The van der Waals surface area contributed by atoms with Crippen LogP contribution in [0.2, 0.25) is 0 Å². The van der Waals surface area contributed by atoms with Crippen LogP contribution in [0.4, 0.5) is 0 Å². The lowest BCUT2D eigenvalue weighted by molar-refractivity contribution is 0.474. The summed E-state index contributed by atoms with van der Waals surface area (Å²) in [5, 5.41) is 0. The lowest BCUT2D eigenvalue weighted by Crippen LogP contribution is -2.06. The molecule has 3 heteroatoms. The molecule has 18 heavy (non-hydrogen) atoms. The van der Waals surface area contributed by atoms with Gasteiger partial charge in [0.25, 0.3) is 0 Å². The summed E-state index contributed by atoms with van der Waals surface area (Å²) in [5.74, 6) is 2.86. The van der Waals surface area contributed by atoms with Crippen molar-refractivity contribution in [3.63, 3.8) is 0 Å². The summed E-state index contributed by atoms with van der Waals surface area (Å²) in [4.78, 5) is 4.68. The number of rotatable bonds is 1. The highest BCUT2D eigenvalue weighted by molar-refractivity contribution is 5.87. The largest absolute Gasteiger partial charge is 0.453 e. The summed E-state index contributed by atoms with van der Waals surface area (Å²) < 4.78 is 8.16. The van der Waals surface area contributed by atoms with Crippen LogP contribution in [-0.2, 0) is 6.42 Å². The van der Waals surface area contributed by atoms with Crippen molar-refractivity contribution >= 4 is 11.0 Å². The van der Waals surface area contributed by atoms with Gasteiger partial charge in [-0.2, -0.15) is 0 Å². The molecule has 0 amide bonds. The van der Waals surface area contributed by atoms with Gasteiger partial charge in [0.1, 0.15) is 11.3 Å². The lowest BCUT2D eigenvalue weighted by Gasteiger charge is -2.20. The molecule has 0 N–H and O–H groups in total. The van der Waals surface area contributed by atoms with Gasteiger partial charge in [0.2, 0.25) is 0 Å². The number of imidazole rings is 1. The topological polar surface area (TPSA) is 27.1 Å². The first-order chi connectivity index (χ1) is 8.88. The molecule has 3 aromatic rings. The highest BCUT2D eigenvalue weighted by atomic mass is 16.5. The maximum absolute atomic E-state index is 5.95. The van der Waals surface area contributed by atoms with Gasteiger partial charge < -0.3 is 4.74 Å². The van der Waals surface area contributed by atoms with Gasteiger partial charge in [-0.15, -0.1) is 0 Å². The molecule has 0 aliphatic carbocycles. The third kappa shape index (κ3) is 1.11. The molecular formula is C15H12N2O. The molecule has 1 aliphatic rings. The van der Waals surface area contributed by atoms with E-state index in [-0.39, 0.29) is 0 Å². The molecule has 0 saturated heterocycles. The zero-order valence-corrected chi connectivity index (χ0v) is 10.1. The Balaban J connectivity index is 2.20. The van der Waals surface area contributed by atoms with Crippen molar-refractivity contribution in [3.8, 4) is 17.2 Å². The minimum atomic E-state index is 0.887. The van der Waals surface area contributed by atoms with Crippen LogP contribution in [-0.4, -0.2) is 9.55 Å². The van der Waals surface area contributed by atoms with Gasteiger partial charge in [-0.25, -0.2) is 4.98 Å². The third-order valence-corrected chi connectivity index (χ3v) is 3.35. The molecule has 0 fully saturated rings. The van der Waals surface area contributed by atoms with Gasteiger partial charge in [0.15, 0.2) is 11.5 Å². The zero-order valence-electron chi connectivity index (χ0n) is 10.1. The van der Waals surface area contributed by atoms with Gasteiger partial charge in [-0.3, -0.25) is 4.57 Å². The Morgan fingerprint density at radius 1 is 1.06 bits per heavy atom. The summed E-state index contributed by atoms with van der Waals surface area (Å²) in [6, 6.07) is 14.1. The van der Waals surface area contributed by atoms with E-state index in [0.717, 1.165) is 40.5 Å². The van der Waals surface area contributed by atoms with Crippen LogP contribution in [0.3, 0.4) is 0 Å². The Hall–Kier alpha value is -2.29. The molecule has 3 nitrogen and oxygen atoms in total. The highest BCUT2D eigenvalue weighted by Crippen LogP contribution is 2.40. The van der Waals surface area contributed by atoms with Gasteiger partial charge in [-0.05, 0) is 24.3 Å². The van der Waals surface area contributed by atoms with Crippen molar-refractivity contribution in [2.75, 3.05) is 0 Å². The number of benzene rings is 2. The first-order valence-electron chi connectivity index (χ1n) is 6.16. The van der Waals surface area contributed by atoms with E-state index in [9.17, 15) is 0 Å². The number of hydrogen-bond acceptors (Lipinski definition) is 2. The standard InChI is InChI=1S/C15H12N2O/c1-2-14-16-10-6-5-9-13-15(10)17(14)11-7-3-4-8-12(11)18-13/h3-9H,2H2,1H3. The number of para-hydroxylation sites is 3. The smallest absolute Gasteiger partial charge is 0.153 e. The van der Waals surface area contributed by atoms with Crippen LogP contribution in [0.25, 0.3) is 16.7 Å². The second-order valence-corrected chi connectivity index (χ2v) is 4.41. The zero-order chi connectivity index (χ0) is 12.1. The van der Waals surface area contributed by atoms with Crippen LogP contribution in [0.15, 0.2) is 42.5 Å². The minimum Gasteiger partial charge on any atom is -0.453 e. The number of hydrogen-bond donors (Lipinski definition) is 0.